The number of carboxylic acid groups (broad SMARTS) is 1. The average molecular weight is 267 g/mol. The maximum absolute atomic E-state index is 11.9. The zero-order chi connectivity index (χ0) is 14.4. The number of phenolic OH excluding ortho intramolecular Hbond substituents is 1. The molecule has 0 radical (unpaired) electrons. The third kappa shape index (κ3) is 4.26. The molecule has 0 aliphatic rings. The Bertz CT molecular complexity index is 472. The largest absolute Gasteiger partial charge is 0.508 e. The standard InChI is InChI=1S/C13H17NO5/c1-3-14(12(16)7-19-8-13(17)18)11-6-10(15)5-4-9(11)2/h4-6,15H,3,7-8H2,1-2H3,(H,17,18). The summed E-state index contributed by atoms with van der Waals surface area (Å²) < 4.78 is 4.78. The average Bonchev–Trinajstić information content (AvgIpc) is 2.34. The number of nitrogens with zero attached hydrogens (tertiary/aromatic N) is 1. The van der Waals surface area contributed by atoms with Crippen LogP contribution in [0.1, 0.15) is 12.5 Å². The van der Waals surface area contributed by atoms with E-state index in [1.54, 1.807) is 13.0 Å². The van der Waals surface area contributed by atoms with E-state index in [2.05, 4.69) is 0 Å². The summed E-state index contributed by atoms with van der Waals surface area (Å²) in [6.07, 6.45) is 0. The molecular weight excluding hydrogens is 250 g/mol. The van der Waals surface area contributed by atoms with Crippen molar-refractivity contribution >= 4 is 17.6 Å². The number of hydrogen-bond acceptors (Lipinski definition) is 4. The monoisotopic (exact) mass is 267 g/mol. The molecule has 0 saturated heterocycles. The molecule has 0 spiro atoms. The molecule has 6 heteroatoms. The van der Waals surface area contributed by atoms with E-state index in [1.165, 1.54) is 17.0 Å². The molecule has 0 aliphatic carbocycles. The summed E-state index contributed by atoms with van der Waals surface area (Å²) in [6.45, 7) is 3.19. The number of amides is 1. The number of carbonyl (C=O) groups excluding carboxylic acids is 1. The molecule has 1 aromatic rings. The van der Waals surface area contributed by atoms with Crippen LogP contribution in [0.25, 0.3) is 0 Å². The van der Waals surface area contributed by atoms with E-state index in [0.717, 1.165) is 5.56 Å². The second kappa shape index (κ2) is 6.75. The number of likely N-dealkylation sites (N-methyl/N-ethyl adjacent to an activating group) is 1. The van der Waals surface area contributed by atoms with Gasteiger partial charge in [-0.25, -0.2) is 4.79 Å². The number of ether oxygens (including phenoxy) is 1. The molecule has 0 atom stereocenters. The number of hydrogen-bond donors (Lipinski definition) is 2. The molecule has 1 aromatic carbocycles. The molecule has 0 aromatic heterocycles. The number of aliphatic carboxylic acids is 1. The van der Waals surface area contributed by atoms with Gasteiger partial charge in [-0.05, 0) is 25.5 Å². The Morgan fingerprint density at radius 3 is 2.58 bits per heavy atom. The molecule has 1 rings (SSSR count). The second-order valence-corrected chi connectivity index (χ2v) is 4.00. The van der Waals surface area contributed by atoms with E-state index in [0.29, 0.717) is 12.2 Å². The molecule has 2 N–H and O–H groups in total. The fraction of sp³-hybridized carbons (Fsp3) is 0.385. The summed E-state index contributed by atoms with van der Waals surface area (Å²) in [7, 11) is 0. The van der Waals surface area contributed by atoms with Gasteiger partial charge in [0, 0.05) is 12.6 Å². The number of aromatic hydroxyl groups is 1. The molecule has 1 amide bonds. The zero-order valence-corrected chi connectivity index (χ0v) is 10.9. The lowest BCUT2D eigenvalue weighted by atomic mass is 10.1. The van der Waals surface area contributed by atoms with E-state index in [9.17, 15) is 14.7 Å². The third-order valence-electron chi connectivity index (χ3n) is 2.55. The van der Waals surface area contributed by atoms with Crippen LogP contribution in [-0.2, 0) is 14.3 Å². The van der Waals surface area contributed by atoms with Crippen molar-refractivity contribution in [2.75, 3.05) is 24.7 Å². The normalized spacial score (nSPS) is 10.2. The predicted molar refractivity (Wildman–Crippen MR) is 69.3 cm³/mol. The highest BCUT2D eigenvalue weighted by Crippen LogP contribution is 2.24. The highest BCUT2D eigenvalue weighted by molar-refractivity contribution is 5.95. The zero-order valence-electron chi connectivity index (χ0n) is 10.9. The maximum atomic E-state index is 11.9. The van der Waals surface area contributed by atoms with Crippen LogP contribution in [0.5, 0.6) is 5.75 Å². The Morgan fingerprint density at radius 1 is 1.32 bits per heavy atom. The first-order valence-corrected chi connectivity index (χ1v) is 5.85. The van der Waals surface area contributed by atoms with Crippen LogP contribution in [0.4, 0.5) is 5.69 Å². The summed E-state index contributed by atoms with van der Waals surface area (Å²) in [6, 6.07) is 4.74. The molecule has 0 unspecified atom stereocenters. The summed E-state index contributed by atoms with van der Waals surface area (Å²) >= 11 is 0. The topological polar surface area (TPSA) is 87.1 Å². The second-order valence-electron chi connectivity index (χ2n) is 4.00. The number of phenols is 1. The van der Waals surface area contributed by atoms with Crippen LogP contribution in [0.3, 0.4) is 0 Å². The van der Waals surface area contributed by atoms with Crippen molar-refractivity contribution in [3.63, 3.8) is 0 Å². The number of rotatable bonds is 6. The van der Waals surface area contributed by atoms with Gasteiger partial charge in [0.05, 0.1) is 5.69 Å². The maximum Gasteiger partial charge on any atom is 0.329 e. The van der Waals surface area contributed by atoms with Gasteiger partial charge in [0.2, 0.25) is 0 Å². The van der Waals surface area contributed by atoms with Crippen molar-refractivity contribution in [1.29, 1.82) is 0 Å². The van der Waals surface area contributed by atoms with Crippen LogP contribution in [-0.4, -0.2) is 41.8 Å². The molecule has 104 valence electrons. The van der Waals surface area contributed by atoms with E-state index in [-0.39, 0.29) is 18.3 Å². The highest BCUT2D eigenvalue weighted by atomic mass is 16.5. The first kappa shape index (κ1) is 15.0. The van der Waals surface area contributed by atoms with Crippen molar-refractivity contribution in [1.82, 2.24) is 0 Å². The SMILES string of the molecule is CCN(C(=O)COCC(=O)O)c1cc(O)ccc1C. The summed E-state index contributed by atoms with van der Waals surface area (Å²) in [5.41, 5.74) is 1.43. The Hall–Kier alpha value is -2.08. The molecular formula is C13H17NO5. The first-order chi connectivity index (χ1) is 8.95. The van der Waals surface area contributed by atoms with E-state index < -0.39 is 12.6 Å². The quantitative estimate of drug-likeness (QED) is 0.807. The summed E-state index contributed by atoms with van der Waals surface area (Å²) in [5.74, 6) is -1.40. The van der Waals surface area contributed by atoms with Gasteiger partial charge in [-0.2, -0.15) is 0 Å². The number of carbonyl (C=O) groups is 2. The highest BCUT2D eigenvalue weighted by Gasteiger charge is 2.16. The minimum absolute atomic E-state index is 0.0679. The van der Waals surface area contributed by atoms with Gasteiger partial charge in [0.1, 0.15) is 19.0 Å². The van der Waals surface area contributed by atoms with E-state index >= 15 is 0 Å². The lowest BCUT2D eigenvalue weighted by Gasteiger charge is -2.23. The number of aryl methyl sites for hydroxylation is 1. The summed E-state index contributed by atoms with van der Waals surface area (Å²) in [5, 5.41) is 17.9. The van der Waals surface area contributed by atoms with Gasteiger partial charge in [-0.15, -0.1) is 0 Å². The smallest absolute Gasteiger partial charge is 0.329 e. The van der Waals surface area contributed by atoms with Crippen LogP contribution >= 0.6 is 0 Å². The Morgan fingerprint density at radius 2 is 2.00 bits per heavy atom. The van der Waals surface area contributed by atoms with Gasteiger partial charge in [-0.3, -0.25) is 4.79 Å². The van der Waals surface area contributed by atoms with Gasteiger partial charge < -0.3 is 19.8 Å². The van der Waals surface area contributed by atoms with Crippen molar-refractivity contribution in [3.05, 3.63) is 23.8 Å². The minimum Gasteiger partial charge on any atom is -0.508 e. The van der Waals surface area contributed by atoms with Crippen molar-refractivity contribution in [2.24, 2.45) is 0 Å². The molecule has 0 aliphatic heterocycles. The van der Waals surface area contributed by atoms with E-state index in [1.807, 2.05) is 6.92 Å². The van der Waals surface area contributed by atoms with Gasteiger partial charge in [0.15, 0.2) is 0 Å². The third-order valence-corrected chi connectivity index (χ3v) is 2.55. The lowest BCUT2D eigenvalue weighted by Crippen LogP contribution is -2.34. The van der Waals surface area contributed by atoms with Crippen LogP contribution in [0.2, 0.25) is 0 Å². The minimum atomic E-state index is -1.12. The number of anilines is 1. The molecule has 0 heterocycles. The molecule has 0 bridgehead atoms. The first-order valence-electron chi connectivity index (χ1n) is 5.85. The van der Waals surface area contributed by atoms with Crippen LogP contribution in [0, 0.1) is 6.92 Å². The van der Waals surface area contributed by atoms with Gasteiger partial charge in [-0.1, -0.05) is 6.07 Å². The Kier molecular flexibility index (Phi) is 5.32. The Labute approximate surface area is 111 Å². The fourth-order valence-electron chi connectivity index (χ4n) is 1.67. The van der Waals surface area contributed by atoms with Gasteiger partial charge >= 0.3 is 5.97 Å². The fourth-order valence-corrected chi connectivity index (χ4v) is 1.67. The summed E-state index contributed by atoms with van der Waals surface area (Å²) in [4.78, 5) is 23.7. The number of carboxylic acids is 1. The van der Waals surface area contributed by atoms with Crippen molar-refractivity contribution in [3.8, 4) is 5.75 Å². The van der Waals surface area contributed by atoms with Gasteiger partial charge in [0.25, 0.3) is 5.91 Å². The predicted octanol–water partition coefficient (Wildman–Crippen LogP) is 1.15. The van der Waals surface area contributed by atoms with Crippen LogP contribution < -0.4 is 4.90 Å². The molecule has 19 heavy (non-hydrogen) atoms. The van der Waals surface area contributed by atoms with E-state index in [4.69, 9.17) is 9.84 Å². The lowest BCUT2D eigenvalue weighted by molar-refractivity contribution is -0.143. The Balaban J connectivity index is 2.79. The molecule has 0 fully saturated rings. The molecule has 6 nitrogen and oxygen atoms in total. The molecule has 0 saturated carbocycles. The number of benzene rings is 1. The van der Waals surface area contributed by atoms with Crippen molar-refractivity contribution in [2.45, 2.75) is 13.8 Å². The van der Waals surface area contributed by atoms with Crippen LogP contribution in [0.15, 0.2) is 18.2 Å². The van der Waals surface area contributed by atoms with Crippen molar-refractivity contribution < 1.29 is 24.5 Å².